The number of nitrogens with one attached hydrogen (secondary N) is 1. The lowest BCUT2D eigenvalue weighted by molar-refractivity contribution is -0.125. The first-order valence-corrected chi connectivity index (χ1v) is 6.82. The fourth-order valence-electron chi connectivity index (χ4n) is 2.31. The van der Waals surface area contributed by atoms with Crippen LogP contribution in [0.5, 0.6) is 0 Å². The molecule has 2 heterocycles. The first-order chi connectivity index (χ1) is 9.47. The van der Waals surface area contributed by atoms with Gasteiger partial charge in [0.15, 0.2) is 5.82 Å². The standard InChI is InChI=1S/C12H12BrFN4O2/c1-17-9-5-7(13)8(14)4-6(9)11(16-17)18-3-2-10(19)15-12(18)20/h4-5,12,20H,2-3H2,1H3,(H,15,19). The van der Waals surface area contributed by atoms with Gasteiger partial charge in [-0.1, -0.05) is 0 Å². The van der Waals surface area contributed by atoms with Crippen LogP contribution in [0.3, 0.4) is 0 Å². The number of halogens is 2. The van der Waals surface area contributed by atoms with Gasteiger partial charge in [0.05, 0.1) is 9.99 Å². The zero-order valence-corrected chi connectivity index (χ0v) is 12.2. The van der Waals surface area contributed by atoms with Crippen molar-refractivity contribution in [3.63, 3.8) is 0 Å². The van der Waals surface area contributed by atoms with Gasteiger partial charge < -0.3 is 15.3 Å². The second-order valence-corrected chi connectivity index (χ2v) is 5.47. The van der Waals surface area contributed by atoms with Crippen LogP contribution in [0.1, 0.15) is 6.42 Å². The first kappa shape index (κ1) is 13.3. The smallest absolute Gasteiger partial charge is 0.225 e. The number of aliphatic hydroxyl groups excluding tert-OH is 1. The Labute approximate surface area is 122 Å². The van der Waals surface area contributed by atoms with Crippen LogP contribution in [-0.2, 0) is 11.8 Å². The van der Waals surface area contributed by atoms with Gasteiger partial charge >= 0.3 is 0 Å². The molecule has 1 fully saturated rings. The Kier molecular flexibility index (Phi) is 3.14. The van der Waals surface area contributed by atoms with Crippen LogP contribution in [0.2, 0.25) is 0 Å². The molecule has 2 N–H and O–H groups in total. The third-order valence-electron chi connectivity index (χ3n) is 3.31. The summed E-state index contributed by atoms with van der Waals surface area (Å²) in [6.45, 7) is 0.330. The SMILES string of the molecule is Cn1nc(N2CCC(=O)NC2O)c2cc(F)c(Br)cc21. The van der Waals surface area contributed by atoms with Gasteiger partial charge in [0.1, 0.15) is 5.82 Å². The highest BCUT2D eigenvalue weighted by Gasteiger charge is 2.28. The van der Waals surface area contributed by atoms with E-state index in [4.69, 9.17) is 0 Å². The van der Waals surface area contributed by atoms with E-state index in [0.29, 0.717) is 22.2 Å². The summed E-state index contributed by atoms with van der Waals surface area (Å²) in [4.78, 5) is 12.8. The summed E-state index contributed by atoms with van der Waals surface area (Å²) in [6.07, 6.45) is -0.894. The van der Waals surface area contributed by atoms with Crippen molar-refractivity contribution in [1.29, 1.82) is 0 Å². The quantitative estimate of drug-likeness (QED) is 0.813. The number of carbonyl (C=O) groups is 1. The molecular formula is C12H12BrFN4O2. The van der Waals surface area contributed by atoms with Crippen molar-refractivity contribution in [2.24, 2.45) is 7.05 Å². The molecule has 20 heavy (non-hydrogen) atoms. The zero-order chi connectivity index (χ0) is 14.4. The maximum atomic E-state index is 13.7. The number of hydrogen-bond donors (Lipinski definition) is 2. The van der Waals surface area contributed by atoms with E-state index in [1.54, 1.807) is 17.8 Å². The van der Waals surface area contributed by atoms with E-state index < -0.39 is 12.2 Å². The van der Waals surface area contributed by atoms with Gasteiger partial charge in [-0.3, -0.25) is 9.48 Å². The number of fused-ring (bicyclic) bond motifs is 1. The van der Waals surface area contributed by atoms with Gasteiger partial charge in [-0.2, -0.15) is 5.10 Å². The van der Waals surface area contributed by atoms with Crippen LogP contribution >= 0.6 is 15.9 Å². The number of carbonyl (C=O) groups excluding carboxylic acids is 1. The van der Waals surface area contributed by atoms with Gasteiger partial charge in [-0.25, -0.2) is 4.39 Å². The number of nitrogens with zero attached hydrogens (tertiary/aromatic N) is 3. The number of amides is 1. The normalized spacial score (nSPS) is 19.5. The van der Waals surface area contributed by atoms with Gasteiger partial charge in [0.2, 0.25) is 12.3 Å². The molecular weight excluding hydrogens is 331 g/mol. The lowest BCUT2D eigenvalue weighted by Crippen LogP contribution is -2.54. The van der Waals surface area contributed by atoms with Crippen molar-refractivity contribution in [3.05, 3.63) is 22.4 Å². The number of hydrogen-bond acceptors (Lipinski definition) is 4. The minimum absolute atomic E-state index is 0.220. The molecule has 0 spiro atoms. The molecule has 0 aliphatic carbocycles. The number of aliphatic hydroxyl groups is 1. The van der Waals surface area contributed by atoms with Crippen molar-refractivity contribution >= 4 is 38.6 Å². The Morgan fingerprint density at radius 3 is 3.00 bits per heavy atom. The zero-order valence-electron chi connectivity index (χ0n) is 10.6. The molecule has 1 aromatic heterocycles. The second kappa shape index (κ2) is 4.71. The van der Waals surface area contributed by atoms with E-state index in [1.807, 2.05) is 0 Å². The number of aryl methyl sites for hydroxylation is 1. The molecule has 2 aromatic rings. The highest BCUT2D eigenvalue weighted by Crippen LogP contribution is 2.31. The van der Waals surface area contributed by atoms with Gasteiger partial charge in [-0.15, -0.1) is 0 Å². The van der Waals surface area contributed by atoms with E-state index >= 15 is 0 Å². The average molecular weight is 343 g/mol. The monoisotopic (exact) mass is 342 g/mol. The fraction of sp³-hybridized carbons (Fsp3) is 0.333. The van der Waals surface area contributed by atoms with E-state index in [2.05, 4.69) is 26.3 Å². The Morgan fingerprint density at radius 2 is 2.30 bits per heavy atom. The molecule has 1 unspecified atom stereocenters. The van der Waals surface area contributed by atoms with Crippen molar-refractivity contribution in [2.45, 2.75) is 12.8 Å². The maximum absolute atomic E-state index is 13.7. The third kappa shape index (κ3) is 2.04. The summed E-state index contributed by atoms with van der Waals surface area (Å²) < 4.78 is 15.7. The highest BCUT2D eigenvalue weighted by atomic mass is 79.9. The highest BCUT2D eigenvalue weighted by molar-refractivity contribution is 9.10. The molecule has 1 amide bonds. The van der Waals surface area contributed by atoms with E-state index in [9.17, 15) is 14.3 Å². The van der Waals surface area contributed by atoms with Gasteiger partial charge in [0.25, 0.3) is 0 Å². The Hall–Kier alpha value is -1.67. The predicted octanol–water partition coefficient (Wildman–Crippen LogP) is 1.08. The molecule has 6 nitrogen and oxygen atoms in total. The summed E-state index contributed by atoms with van der Waals surface area (Å²) in [6, 6.07) is 3.00. The summed E-state index contributed by atoms with van der Waals surface area (Å²) in [5, 5.41) is 17.2. The van der Waals surface area contributed by atoms with E-state index in [1.165, 1.54) is 11.0 Å². The largest absolute Gasteiger partial charge is 0.356 e. The minimum atomic E-state index is -1.15. The summed E-state index contributed by atoms with van der Waals surface area (Å²) >= 11 is 3.14. The van der Waals surface area contributed by atoms with Crippen LogP contribution < -0.4 is 10.2 Å². The van der Waals surface area contributed by atoms with Crippen molar-refractivity contribution in [2.75, 3.05) is 11.4 Å². The predicted molar refractivity (Wildman–Crippen MR) is 74.5 cm³/mol. The topological polar surface area (TPSA) is 70.4 Å². The number of anilines is 1. The molecule has 1 atom stereocenters. The van der Waals surface area contributed by atoms with Crippen molar-refractivity contribution < 1.29 is 14.3 Å². The summed E-state index contributed by atoms with van der Waals surface area (Å²) in [5.41, 5.74) is 0.734. The van der Waals surface area contributed by atoms with E-state index in [-0.39, 0.29) is 12.3 Å². The fourth-order valence-corrected chi connectivity index (χ4v) is 2.64. The molecule has 0 saturated carbocycles. The van der Waals surface area contributed by atoms with Crippen LogP contribution in [-0.4, -0.2) is 33.7 Å². The minimum Gasteiger partial charge on any atom is -0.356 e. The number of aromatic nitrogens is 2. The molecule has 106 valence electrons. The van der Waals surface area contributed by atoms with Crippen LogP contribution in [0.15, 0.2) is 16.6 Å². The number of rotatable bonds is 1. The van der Waals surface area contributed by atoms with Crippen LogP contribution in [0, 0.1) is 5.82 Å². The molecule has 8 heteroatoms. The van der Waals surface area contributed by atoms with Crippen LogP contribution in [0.25, 0.3) is 10.9 Å². The average Bonchev–Trinajstić information content (AvgIpc) is 2.67. The molecule has 1 aliphatic heterocycles. The van der Waals surface area contributed by atoms with Crippen molar-refractivity contribution in [1.82, 2.24) is 15.1 Å². The summed E-state index contributed by atoms with van der Waals surface area (Å²) in [5.74, 6) is -0.174. The Balaban J connectivity index is 2.12. The van der Waals surface area contributed by atoms with Gasteiger partial charge in [-0.05, 0) is 28.1 Å². The first-order valence-electron chi connectivity index (χ1n) is 6.03. The van der Waals surface area contributed by atoms with Gasteiger partial charge in [0, 0.05) is 25.4 Å². The van der Waals surface area contributed by atoms with E-state index in [0.717, 1.165) is 5.52 Å². The molecule has 1 aliphatic rings. The third-order valence-corrected chi connectivity index (χ3v) is 3.92. The maximum Gasteiger partial charge on any atom is 0.225 e. The molecule has 3 rings (SSSR count). The second-order valence-electron chi connectivity index (χ2n) is 4.62. The molecule has 1 aromatic carbocycles. The Morgan fingerprint density at radius 1 is 1.55 bits per heavy atom. The molecule has 0 bridgehead atoms. The Bertz CT molecular complexity index is 702. The lowest BCUT2D eigenvalue weighted by atomic mass is 10.2. The number of benzene rings is 1. The van der Waals surface area contributed by atoms with Crippen molar-refractivity contribution in [3.8, 4) is 0 Å². The molecule has 0 radical (unpaired) electrons. The molecule has 1 saturated heterocycles. The van der Waals surface area contributed by atoms with Crippen LogP contribution in [0.4, 0.5) is 10.2 Å². The lowest BCUT2D eigenvalue weighted by Gasteiger charge is -2.32. The summed E-state index contributed by atoms with van der Waals surface area (Å²) in [7, 11) is 1.74.